The molecule has 7 heteroatoms. The number of sulfonamides is 1. The molecule has 96 valence electrons. The van der Waals surface area contributed by atoms with Crippen LogP contribution in [0.1, 0.15) is 25.6 Å². The molecule has 0 saturated heterocycles. The van der Waals surface area contributed by atoms with Crippen molar-refractivity contribution in [1.29, 1.82) is 0 Å². The van der Waals surface area contributed by atoms with E-state index >= 15 is 0 Å². The third-order valence-electron chi connectivity index (χ3n) is 3.00. The maximum atomic E-state index is 11.8. The van der Waals surface area contributed by atoms with Gasteiger partial charge in [-0.2, -0.15) is 0 Å². The Morgan fingerprint density at radius 2 is 2.29 bits per heavy atom. The van der Waals surface area contributed by atoms with Gasteiger partial charge < -0.3 is 10.1 Å². The molecular formula is C10H17N3O3S. The molecule has 0 atom stereocenters. The van der Waals surface area contributed by atoms with Crippen LogP contribution in [0.4, 0.5) is 0 Å². The highest BCUT2D eigenvalue weighted by Crippen LogP contribution is 2.26. The Morgan fingerprint density at radius 1 is 1.59 bits per heavy atom. The lowest BCUT2D eigenvalue weighted by atomic mass is 9.83. The molecule has 17 heavy (non-hydrogen) atoms. The Bertz CT molecular complexity index is 477. The van der Waals surface area contributed by atoms with E-state index in [2.05, 4.69) is 14.7 Å². The maximum absolute atomic E-state index is 11.8. The Hall–Kier alpha value is -0.920. The SMILES string of the molecule is CCc1ncc(S(=O)(=O)NCC2CC(O)C2)[nH]1. The second-order valence-electron chi connectivity index (χ2n) is 4.39. The topological polar surface area (TPSA) is 95.1 Å². The molecule has 1 fully saturated rings. The van der Waals surface area contributed by atoms with Crippen LogP contribution in [-0.2, 0) is 16.4 Å². The van der Waals surface area contributed by atoms with Crippen molar-refractivity contribution in [3.63, 3.8) is 0 Å². The number of aryl methyl sites for hydroxylation is 1. The second kappa shape index (κ2) is 4.75. The number of H-pyrrole nitrogens is 1. The van der Waals surface area contributed by atoms with E-state index in [0.717, 1.165) is 0 Å². The van der Waals surface area contributed by atoms with Gasteiger partial charge >= 0.3 is 0 Å². The number of rotatable bonds is 5. The van der Waals surface area contributed by atoms with Crippen LogP contribution in [0.5, 0.6) is 0 Å². The number of aromatic nitrogens is 2. The van der Waals surface area contributed by atoms with Gasteiger partial charge in [-0.3, -0.25) is 0 Å². The number of hydrogen-bond acceptors (Lipinski definition) is 4. The van der Waals surface area contributed by atoms with Crippen molar-refractivity contribution in [1.82, 2.24) is 14.7 Å². The van der Waals surface area contributed by atoms with Crippen LogP contribution in [0.15, 0.2) is 11.2 Å². The summed E-state index contributed by atoms with van der Waals surface area (Å²) in [6, 6.07) is 0. The van der Waals surface area contributed by atoms with Gasteiger partial charge in [0.1, 0.15) is 5.82 Å². The molecule has 1 aliphatic carbocycles. The normalized spacial score (nSPS) is 24.6. The summed E-state index contributed by atoms with van der Waals surface area (Å²) in [5, 5.41) is 9.21. The fourth-order valence-corrected chi connectivity index (χ4v) is 2.89. The first-order valence-electron chi connectivity index (χ1n) is 5.73. The monoisotopic (exact) mass is 259 g/mol. The minimum Gasteiger partial charge on any atom is -0.393 e. The molecule has 1 heterocycles. The minimum absolute atomic E-state index is 0.106. The predicted octanol–water partition coefficient (Wildman–Crippen LogP) is 0.0213. The van der Waals surface area contributed by atoms with Crippen molar-refractivity contribution < 1.29 is 13.5 Å². The molecular weight excluding hydrogens is 242 g/mol. The average Bonchev–Trinajstić information content (AvgIpc) is 2.72. The average molecular weight is 259 g/mol. The van der Waals surface area contributed by atoms with Crippen LogP contribution < -0.4 is 4.72 Å². The first-order valence-corrected chi connectivity index (χ1v) is 7.21. The Labute approximate surface area is 101 Å². The van der Waals surface area contributed by atoms with E-state index in [0.29, 0.717) is 31.6 Å². The number of aromatic amines is 1. The Kier molecular flexibility index (Phi) is 3.50. The van der Waals surface area contributed by atoms with Gasteiger partial charge in [0.2, 0.25) is 0 Å². The fraction of sp³-hybridized carbons (Fsp3) is 0.700. The van der Waals surface area contributed by atoms with Crippen molar-refractivity contribution >= 4 is 10.0 Å². The van der Waals surface area contributed by atoms with Crippen LogP contribution in [-0.4, -0.2) is 36.1 Å². The first-order chi connectivity index (χ1) is 8.01. The van der Waals surface area contributed by atoms with E-state index in [1.165, 1.54) is 6.20 Å². The molecule has 0 radical (unpaired) electrons. The van der Waals surface area contributed by atoms with Crippen molar-refractivity contribution in [2.75, 3.05) is 6.54 Å². The summed E-state index contributed by atoms with van der Waals surface area (Å²) in [4.78, 5) is 6.72. The molecule has 3 N–H and O–H groups in total. The zero-order chi connectivity index (χ0) is 12.5. The Morgan fingerprint density at radius 3 is 2.82 bits per heavy atom. The van der Waals surface area contributed by atoms with Crippen molar-refractivity contribution in [2.45, 2.75) is 37.3 Å². The van der Waals surface area contributed by atoms with Crippen LogP contribution in [0.2, 0.25) is 0 Å². The molecule has 0 bridgehead atoms. The number of aliphatic hydroxyl groups excluding tert-OH is 1. The van der Waals surface area contributed by atoms with Crippen molar-refractivity contribution in [3.8, 4) is 0 Å². The standard InChI is InChI=1S/C10H17N3O3S/c1-2-9-11-6-10(13-9)17(15,16)12-5-7-3-8(14)4-7/h6-8,12,14H,2-5H2,1H3,(H,11,13). The first kappa shape index (κ1) is 12.5. The smallest absolute Gasteiger partial charge is 0.257 e. The van der Waals surface area contributed by atoms with Crippen LogP contribution >= 0.6 is 0 Å². The summed E-state index contributed by atoms with van der Waals surface area (Å²) in [6.07, 6.45) is 3.08. The van der Waals surface area contributed by atoms with Gasteiger partial charge in [-0.05, 0) is 18.8 Å². The Balaban J connectivity index is 1.94. The molecule has 0 spiro atoms. The number of imidazole rings is 1. The van der Waals surface area contributed by atoms with Gasteiger partial charge in [-0.25, -0.2) is 18.1 Å². The highest BCUT2D eigenvalue weighted by atomic mass is 32.2. The van der Waals surface area contributed by atoms with Gasteiger partial charge in [0.05, 0.1) is 12.3 Å². The van der Waals surface area contributed by atoms with Crippen LogP contribution in [0.25, 0.3) is 0 Å². The molecule has 0 aliphatic heterocycles. The van der Waals surface area contributed by atoms with Crippen molar-refractivity contribution in [2.24, 2.45) is 5.92 Å². The van der Waals surface area contributed by atoms with Gasteiger partial charge in [-0.1, -0.05) is 6.92 Å². The minimum atomic E-state index is -3.49. The second-order valence-corrected chi connectivity index (χ2v) is 6.13. The molecule has 2 rings (SSSR count). The molecule has 0 amide bonds. The van der Waals surface area contributed by atoms with E-state index in [1.807, 2.05) is 6.92 Å². The molecule has 1 aromatic heterocycles. The largest absolute Gasteiger partial charge is 0.393 e. The highest BCUT2D eigenvalue weighted by molar-refractivity contribution is 7.89. The lowest BCUT2D eigenvalue weighted by Crippen LogP contribution is -2.38. The molecule has 1 aromatic rings. The highest BCUT2D eigenvalue weighted by Gasteiger charge is 2.28. The van der Waals surface area contributed by atoms with Crippen LogP contribution in [0.3, 0.4) is 0 Å². The van der Waals surface area contributed by atoms with Gasteiger partial charge in [0, 0.05) is 13.0 Å². The zero-order valence-electron chi connectivity index (χ0n) is 9.68. The molecule has 1 saturated carbocycles. The number of nitrogens with zero attached hydrogens (tertiary/aromatic N) is 1. The van der Waals surface area contributed by atoms with Crippen molar-refractivity contribution in [3.05, 3.63) is 12.0 Å². The third kappa shape index (κ3) is 2.85. The van der Waals surface area contributed by atoms with Gasteiger partial charge in [0.15, 0.2) is 5.03 Å². The zero-order valence-corrected chi connectivity index (χ0v) is 10.5. The lowest BCUT2D eigenvalue weighted by Gasteiger charge is -2.31. The molecule has 6 nitrogen and oxygen atoms in total. The summed E-state index contributed by atoms with van der Waals surface area (Å²) < 4.78 is 26.2. The lowest BCUT2D eigenvalue weighted by molar-refractivity contribution is 0.0453. The quantitative estimate of drug-likeness (QED) is 0.694. The molecule has 0 aromatic carbocycles. The van der Waals surface area contributed by atoms with Crippen LogP contribution in [0, 0.1) is 5.92 Å². The van der Waals surface area contributed by atoms with E-state index in [1.54, 1.807) is 0 Å². The van der Waals surface area contributed by atoms with E-state index in [-0.39, 0.29) is 17.0 Å². The molecule has 0 unspecified atom stereocenters. The summed E-state index contributed by atoms with van der Waals surface area (Å²) in [5.74, 6) is 0.901. The molecule has 1 aliphatic rings. The third-order valence-corrected chi connectivity index (χ3v) is 4.34. The van der Waals surface area contributed by atoms with E-state index in [9.17, 15) is 8.42 Å². The summed E-state index contributed by atoms with van der Waals surface area (Å²) in [5.41, 5.74) is 0. The summed E-state index contributed by atoms with van der Waals surface area (Å²) in [7, 11) is -3.49. The number of aliphatic hydroxyl groups is 1. The summed E-state index contributed by atoms with van der Waals surface area (Å²) in [6.45, 7) is 2.28. The van der Waals surface area contributed by atoms with Gasteiger partial charge in [-0.15, -0.1) is 0 Å². The van der Waals surface area contributed by atoms with Gasteiger partial charge in [0.25, 0.3) is 10.0 Å². The maximum Gasteiger partial charge on any atom is 0.257 e. The summed E-state index contributed by atoms with van der Waals surface area (Å²) >= 11 is 0. The number of nitrogens with one attached hydrogen (secondary N) is 2. The predicted molar refractivity (Wildman–Crippen MR) is 61.9 cm³/mol. The fourth-order valence-electron chi connectivity index (χ4n) is 1.83. The van der Waals surface area contributed by atoms with E-state index < -0.39 is 10.0 Å². The van der Waals surface area contributed by atoms with E-state index in [4.69, 9.17) is 5.11 Å². The number of hydrogen-bond donors (Lipinski definition) is 3.